The van der Waals surface area contributed by atoms with Crippen molar-refractivity contribution in [2.24, 2.45) is 0 Å². The summed E-state index contributed by atoms with van der Waals surface area (Å²) in [5.74, 6) is -0.642. The molecule has 0 unspecified atom stereocenters. The van der Waals surface area contributed by atoms with E-state index in [4.69, 9.17) is 9.47 Å². The standard InChI is InChI=1S/C14H16O4/c1-4-17-13(16)12(15)9-5-6-11-10(7-9)14(2,3)8-18-11/h5-7H,4,8H2,1-3H3. The molecule has 4 heteroatoms. The number of ketones is 1. The molecule has 2 rings (SSSR count). The number of esters is 1. The second kappa shape index (κ2) is 4.44. The van der Waals surface area contributed by atoms with Crippen molar-refractivity contribution in [1.82, 2.24) is 0 Å². The summed E-state index contributed by atoms with van der Waals surface area (Å²) in [6, 6.07) is 5.05. The molecule has 4 nitrogen and oxygen atoms in total. The van der Waals surface area contributed by atoms with Crippen LogP contribution in [0.2, 0.25) is 0 Å². The van der Waals surface area contributed by atoms with E-state index in [9.17, 15) is 9.59 Å². The smallest absolute Gasteiger partial charge is 0.379 e. The Hall–Kier alpha value is -1.84. The minimum Gasteiger partial charge on any atom is -0.492 e. The lowest BCUT2D eigenvalue weighted by Gasteiger charge is -2.15. The van der Waals surface area contributed by atoms with Gasteiger partial charge >= 0.3 is 5.97 Å². The first kappa shape index (κ1) is 12.6. The van der Waals surface area contributed by atoms with Gasteiger partial charge in [-0.15, -0.1) is 0 Å². The SMILES string of the molecule is CCOC(=O)C(=O)c1ccc2c(c1)C(C)(C)CO2. The van der Waals surface area contributed by atoms with E-state index < -0.39 is 11.8 Å². The molecule has 0 saturated carbocycles. The zero-order valence-electron chi connectivity index (χ0n) is 10.8. The average Bonchev–Trinajstić information content (AvgIpc) is 2.64. The van der Waals surface area contributed by atoms with Crippen LogP contribution < -0.4 is 4.74 Å². The summed E-state index contributed by atoms with van der Waals surface area (Å²) in [5, 5.41) is 0. The molecule has 1 aromatic carbocycles. The Balaban J connectivity index is 2.32. The Kier molecular flexibility index (Phi) is 3.11. The van der Waals surface area contributed by atoms with Gasteiger partial charge in [-0.25, -0.2) is 4.79 Å². The van der Waals surface area contributed by atoms with Crippen molar-refractivity contribution < 1.29 is 19.1 Å². The van der Waals surface area contributed by atoms with Gasteiger partial charge in [0.2, 0.25) is 0 Å². The van der Waals surface area contributed by atoms with Crippen LogP contribution in [0, 0.1) is 0 Å². The number of rotatable bonds is 3. The fourth-order valence-corrected chi connectivity index (χ4v) is 1.98. The average molecular weight is 248 g/mol. The van der Waals surface area contributed by atoms with Crippen LogP contribution in [0.25, 0.3) is 0 Å². The third-order valence-electron chi connectivity index (χ3n) is 3.02. The predicted molar refractivity (Wildman–Crippen MR) is 65.9 cm³/mol. The number of carbonyl (C=O) groups excluding carboxylic acids is 2. The van der Waals surface area contributed by atoms with Crippen LogP contribution in [0.5, 0.6) is 5.75 Å². The maximum Gasteiger partial charge on any atom is 0.379 e. The van der Waals surface area contributed by atoms with Gasteiger partial charge in [-0.2, -0.15) is 0 Å². The third kappa shape index (κ3) is 2.10. The molecule has 0 atom stereocenters. The molecule has 0 spiro atoms. The van der Waals surface area contributed by atoms with Gasteiger partial charge in [0.05, 0.1) is 13.2 Å². The van der Waals surface area contributed by atoms with Crippen LogP contribution in [0.3, 0.4) is 0 Å². The number of hydrogen-bond acceptors (Lipinski definition) is 4. The Labute approximate surface area is 106 Å². The lowest BCUT2D eigenvalue weighted by atomic mass is 9.86. The molecule has 1 aliphatic rings. The Morgan fingerprint density at radius 2 is 2.11 bits per heavy atom. The highest BCUT2D eigenvalue weighted by Crippen LogP contribution is 2.38. The van der Waals surface area contributed by atoms with Crippen molar-refractivity contribution in [2.45, 2.75) is 26.2 Å². The van der Waals surface area contributed by atoms with Crippen LogP contribution >= 0.6 is 0 Å². The highest BCUT2D eigenvalue weighted by molar-refractivity contribution is 6.40. The molecule has 0 aliphatic carbocycles. The van der Waals surface area contributed by atoms with E-state index in [1.807, 2.05) is 13.8 Å². The van der Waals surface area contributed by atoms with E-state index in [1.165, 1.54) is 0 Å². The van der Waals surface area contributed by atoms with Crippen molar-refractivity contribution in [3.8, 4) is 5.75 Å². The number of carbonyl (C=O) groups is 2. The fourth-order valence-electron chi connectivity index (χ4n) is 1.98. The molecule has 0 aromatic heterocycles. The van der Waals surface area contributed by atoms with Crippen molar-refractivity contribution in [3.63, 3.8) is 0 Å². The van der Waals surface area contributed by atoms with Crippen LogP contribution in [0.15, 0.2) is 18.2 Å². The summed E-state index contributed by atoms with van der Waals surface area (Å²) < 4.78 is 10.2. The van der Waals surface area contributed by atoms with Crippen molar-refractivity contribution in [3.05, 3.63) is 29.3 Å². The normalized spacial score (nSPS) is 15.7. The largest absolute Gasteiger partial charge is 0.492 e. The molecule has 1 heterocycles. The van der Waals surface area contributed by atoms with Crippen LogP contribution in [-0.2, 0) is 14.9 Å². The first-order valence-corrected chi connectivity index (χ1v) is 5.94. The zero-order valence-corrected chi connectivity index (χ0v) is 10.8. The molecular weight excluding hydrogens is 232 g/mol. The van der Waals surface area contributed by atoms with Gasteiger partial charge in [-0.05, 0) is 25.1 Å². The van der Waals surface area contributed by atoms with E-state index in [1.54, 1.807) is 25.1 Å². The minimum absolute atomic E-state index is 0.139. The Bertz CT molecular complexity index is 503. The maximum atomic E-state index is 11.8. The molecule has 1 aliphatic heterocycles. The molecule has 0 radical (unpaired) electrons. The molecule has 0 saturated heterocycles. The molecule has 18 heavy (non-hydrogen) atoms. The number of Topliss-reactive ketones (excluding diaryl/α,β-unsaturated/α-hetero) is 1. The summed E-state index contributed by atoms with van der Waals surface area (Å²) in [4.78, 5) is 23.2. The molecule has 1 aromatic rings. The van der Waals surface area contributed by atoms with Crippen molar-refractivity contribution >= 4 is 11.8 Å². The van der Waals surface area contributed by atoms with Gasteiger partial charge in [-0.1, -0.05) is 13.8 Å². The highest BCUT2D eigenvalue weighted by atomic mass is 16.5. The van der Waals surface area contributed by atoms with E-state index in [2.05, 4.69) is 0 Å². The molecule has 96 valence electrons. The van der Waals surface area contributed by atoms with Gasteiger partial charge in [0.1, 0.15) is 5.75 Å². The quantitative estimate of drug-likeness (QED) is 0.467. The second-order valence-electron chi connectivity index (χ2n) is 4.93. The Morgan fingerprint density at radius 3 is 2.78 bits per heavy atom. The highest BCUT2D eigenvalue weighted by Gasteiger charge is 2.33. The summed E-state index contributed by atoms with van der Waals surface area (Å²) in [6.45, 7) is 6.53. The van der Waals surface area contributed by atoms with Gasteiger partial charge in [-0.3, -0.25) is 4.79 Å². The molecule has 0 fully saturated rings. The third-order valence-corrected chi connectivity index (χ3v) is 3.02. The lowest BCUT2D eigenvalue weighted by Crippen LogP contribution is -2.20. The summed E-state index contributed by atoms with van der Waals surface area (Å²) >= 11 is 0. The van der Waals surface area contributed by atoms with E-state index in [-0.39, 0.29) is 12.0 Å². The molecule has 0 N–H and O–H groups in total. The van der Waals surface area contributed by atoms with Crippen LogP contribution in [-0.4, -0.2) is 25.0 Å². The van der Waals surface area contributed by atoms with E-state index in [0.717, 1.165) is 11.3 Å². The molecular formula is C14H16O4. The van der Waals surface area contributed by atoms with E-state index >= 15 is 0 Å². The Morgan fingerprint density at radius 1 is 1.39 bits per heavy atom. The minimum atomic E-state index is -0.811. The number of ether oxygens (including phenoxy) is 2. The maximum absolute atomic E-state index is 11.8. The van der Waals surface area contributed by atoms with Gasteiger partial charge in [0, 0.05) is 16.5 Å². The lowest BCUT2D eigenvalue weighted by molar-refractivity contribution is -0.137. The van der Waals surface area contributed by atoms with Gasteiger partial charge in [0.15, 0.2) is 0 Å². The predicted octanol–water partition coefficient (Wildman–Crippen LogP) is 2.10. The van der Waals surface area contributed by atoms with Crippen LogP contribution in [0.1, 0.15) is 36.7 Å². The van der Waals surface area contributed by atoms with Crippen LogP contribution in [0.4, 0.5) is 0 Å². The van der Waals surface area contributed by atoms with E-state index in [0.29, 0.717) is 12.2 Å². The first-order valence-electron chi connectivity index (χ1n) is 5.94. The topological polar surface area (TPSA) is 52.6 Å². The van der Waals surface area contributed by atoms with Crippen molar-refractivity contribution in [2.75, 3.05) is 13.2 Å². The molecule has 0 bridgehead atoms. The fraction of sp³-hybridized carbons (Fsp3) is 0.429. The monoisotopic (exact) mass is 248 g/mol. The second-order valence-corrected chi connectivity index (χ2v) is 4.93. The number of benzene rings is 1. The zero-order chi connectivity index (χ0) is 13.3. The summed E-state index contributed by atoms with van der Waals surface area (Å²) in [7, 11) is 0. The summed E-state index contributed by atoms with van der Waals surface area (Å²) in [5.41, 5.74) is 1.17. The van der Waals surface area contributed by atoms with Crippen molar-refractivity contribution in [1.29, 1.82) is 0 Å². The number of fused-ring (bicyclic) bond motifs is 1. The number of hydrogen-bond donors (Lipinski definition) is 0. The summed E-state index contributed by atoms with van der Waals surface area (Å²) in [6.07, 6.45) is 0. The molecule has 0 amide bonds. The van der Waals surface area contributed by atoms with Gasteiger partial charge < -0.3 is 9.47 Å². The first-order chi connectivity index (χ1) is 8.45. The van der Waals surface area contributed by atoms with Gasteiger partial charge in [0.25, 0.3) is 5.78 Å².